The highest BCUT2D eigenvalue weighted by atomic mass is 79.9. The molecule has 5 rings (SSSR count). The molecule has 3 N–H and O–H groups in total. The van der Waals surface area contributed by atoms with E-state index in [9.17, 15) is 14.4 Å². The first-order valence-electron chi connectivity index (χ1n) is 14.0. The number of thioether (sulfide) groups is 1. The van der Waals surface area contributed by atoms with Crippen LogP contribution < -0.4 is 16.0 Å². The van der Waals surface area contributed by atoms with Gasteiger partial charge in [-0.2, -0.15) is 0 Å². The third kappa shape index (κ3) is 9.01. The number of rotatable bonds is 10. The van der Waals surface area contributed by atoms with Crippen LogP contribution in [0.1, 0.15) is 26.4 Å². The van der Waals surface area contributed by atoms with Crippen LogP contribution in [0, 0.1) is 13.8 Å². The molecule has 0 atom stereocenters. The van der Waals surface area contributed by atoms with Gasteiger partial charge in [0, 0.05) is 31.1 Å². The zero-order valence-electron chi connectivity index (χ0n) is 24.5. The third-order valence-electron chi connectivity index (χ3n) is 6.54. The molecule has 0 unspecified atom stereocenters. The summed E-state index contributed by atoms with van der Waals surface area (Å²) in [4.78, 5) is 45.4. The zero-order chi connectivity index (χ0) is 31.8. The summed E-state index contributed by atoms with van der Waals surface area (Å²) >= 11 is 6.27. The number of benzene rings is 4. The van der Waals surface area contributed by atoms with Crippen LogP contribution in [0.3, 0.4) is 0 Å². The summed E-state index contributed by atoms with van der Waals surface area (Å²) in [5.74, 6) is -0.813. The average Bonchev–Trinajstić information content (AvgIpc) is 3.40. The molecule has 0 aliphatic rings. The minimum atomic E-state index is -0.470. The highest BCUT2D eigenvalue weighted by molar-refractivity contribution is 9.10. The lowest BCUT2D eigenvalue weighted by Crippen LogP contribution is -2.30. The molecule has 0 spiro atoms. The Hall–Kier alpha value is -4.51. The normalized spacial score (nSPS) is 11.1. The predicted molar refractivity (Wildman–Crippen MR) is 187 cm³/mol. The number of aryl methyl sites for hydroxylation is 2. The molecule has 0 aliphatic heterocycles. The van der Waals surface area contributed by atoms with E-state index in [2.05, 4.69) is 36.9 Å². The Labute approximate surface area is 278 Å². The fourth-order valence-corrected chi connectivity index (χ4v) is 6.24. The fraction of sp³-hybridized carbons (Fsp3) is 0.0857. The van der Waals surface area contributed by atoms with Crippen molar-refractivity contribution in [1.82, 2.24) is 10.3 Å². The summed E-state index contributed by atoms with van der Waals surface area (Å²) in [5, 5.41) is 9.07. The molecule has 45 heavy (non-hydrogen) atoms. The second-order valence-electron chi connectivity index (χ2n) is 10.0. The molecule has 1 heterocycles. The molecule has 0 fully saturated rings. The number of hydrogen-bond acceptors (Lipinski definition) is 6. The van der Waals surface area contributed by atoms with Crippen molar-refractivity contribution >= 4 is 73.6 Å². The number of thiazole rings is 1. The maximum Gasteiger partial charge on any atom is 0.272 e. The summed E-state index contributed by atoms with van der Waals surface area (Å²) in [6, 6.07) is 31.5. The predicted octanol–water partition coefficient (Wildman–Crippen LogP) is 8.33. The number of amides is 3. The van der Waals surface area contributed by atoms with Crippen molar-refractivity contribution in [3.8, 4) is 11.3 Å². The number of hydrogen-bond donors (Lipinski definition) is 3. The number of carbonyl (C=O) groups excluding carboxylic acids is 3. The van der Waals surface area contributed by atoms with Crippen LogP contribution in [0.4, 0.5) is 10.8 Å². The van der Waals surface area contributed by atoms with Gasteiger partial charge in [-0.3, -0.25) is 14.4 Å². The topological polar surface area (TPSA) is 100 Å². The van der Waals surface area contributed by atoms with Gasteiger partial charge in [0.1, 0.15) is 5.70 Å². The average molecular weight is 698 g/mol. The van der Waals surface area contributed by atoms with Crippen LogP contribution in [-0.4, -0.2) is 28.5 Å². The highest BCUT2D eigenvalue weighted by Crippen LogP contribution is 2.31. The molecule has 0 saturated heterocycles. The first-order valence-corrected chi connectivity index (χ1v) is 16.6. The molecule has 0 saturated carbocycles. The van der Waals surface area contributed by atoms with E-state index >= 15 is 0 Å². The maximum absolute atomic E-state index is 13.3. The van der Waals surface area contributed by atoms with Gasteiger partial charge in [0.2, 0.25) is 5.91 Å². The van der Waals surface area contributed by atoms with Crippen LogP contribution in [0.5, 0.6) is 0 Å². The Morgan fingerprint density at radius 3 is 2.31 bits per heavy atom. The molecule has 3 amide bonds. The van der Waals surface area contributed by atoms with E-state index in [1.807, 2.05) is 80.6 Å². The van der Waals surface area contributed by atoms with Gasteiger partial charge in [-0.05, 0) is 74.0 Å². The summed E-state index contributed by atoms with van der Waals surface area (Å²) in [7, 11) is 0. The first-order chi connectivity index (χ1) is 21.7. The number of aromatic nitrogens is 1. The van der Waals surface area contributed by atoms with Crippen molar-refractivity contribution in [3.63, 3.8) is 0 Å². The number of anilines is 2. The van der Waals surface area contributed by atoms with Crippen LogP contribution in [0.25, 0.3) is 17.3 Å². The van der Waals surface area contributed by atoms with Crippen molar-refractivity contribution in [2.24, 2.45) is 0 Å². The number of nitrogens with zero attached hydrogens (tertiary/aromatic N) is 1. The van der Waals surface area contributed by atoms with Crippen LogP contribution in [-0.2, 0) is 9.59 Å². The molecule has 4 aromatic carbocycles. The van der Waals surface area contributed by atoms with Gasteiger partial charge >= 0.3 is 0 Å². The Kier molecular flexibility index (Phi) is 10.6. The Morgan fingerprint density at radius 2 is 1.60 bits per heavy atom. The minimum absolute atomic E-state index is 0.0973. The fourth-order valence-electron chi connectivity index (χ4n) is 4.27. The Morgan fingerprint density at radius 1 is 0.867 bits per heavy atom. The van der Waals surface area contributed by atoms with E-state index in [0.717, 1.165) is 31.1 Å². The van der Waals surface area contributed by atoms with E-state index in [-0.39, 0.29) is 17.4 Å². The highest BCUT2D eigenvalue weighted by Gasteiger charge is 2.16. The number of nitrogens with one attached hydrogen (secondary N) is 3. The van der Waals surface area contributed by atoms with E-state index in [1.165, 1.54) is 28.7 Å². The summed E-state index contributed by atoms with van der Waals surface area (Å²) in [6.07, 6.45) is 1.62. The van der Waals surface area contributed by atoms with Crippen LogP contribution in [0.2, 0.25) is 0 Å². The van der Waals surface area contributed by atoms with E-state index in [4.69, 9.17) is 0 Å². The Bertz CT molecular complexity index is 1850. The lowest BCUT2D eigenvalue weighted by atomic mass is 10.1. The monoisotopic (exact) mass is 696 g/mol. The van der Waals surface area contributed by atoms with Gasteiger partial charge in [-0.25, -0.2) is 4.98 Å². The van der Waals surface area contributed by atoms with Gasteiger partial charge < -0.3 is 16.0 Å². The molecule has 226 valence electrons. The lowest BCUT2D eigenvalue weighted by molar-refractivity contribution is -0.114. The molecule has 5 aromatic rings. The molecular weight excluding hydrogens is 668 g/mol. The second-order valence-corrected chi connectivity index (χ2v) is 13.2. The van der Waals surface area contributed by atoms with Gasteiger partial charge in [0.25, 0.3) is 11.8 Å². The summed E-state index contributed by atoms with van der Waals surface area (Å²) in [5.41, 5.74) is 4.89. The second kappa shape index (κ2) is 15.0. The van der Waals surface area contributed by atoms with E-state index < -0.39 is 11.8 Å². The van der Waals surface area contributed by atoms with Crippen LogP contribution in [0.15, 0.2) is 118 Å². The summed E-state index contributed by atoms with van der Waals surface area (Å²) < 4.78 is 0.848. The molecule has 0 bridgehead atoms. The minimum Gasteiger partial charge on any atom is -0.321 e. The van der Waals surface area contributed by atoms with Gasteiger partial charge in [0.05, 0.1) is 11.4 Å². The lowest BCUT2D eigenvalue weighted by Gasteiger charge is -2.12. The quantitative estimate of drug-likeness (QED) is 0.101. The van der Waals surface area contributed by atoms with Crippen molar-refractivity contribution in [1.29, 1.82) is 0 Å². The first kappa shape index (κ1) is 31.9. The standard InChI is InChI=1S/C35H29BrN4O3S2/c1-22-11-13-25(14-12-22)32-23(2)45-35(40-32)39-31(41)21-44-29-17-15-28(16-18-29)37-34(43)30(20-24-7-6-10-27(36)19-24)38-33(42)26-8-4-3-5-9-26/h3-20H,21H2,1-2H3,(H,37,43)(H,38,42)(H,39,40,41)/b30-20-. The third-order valence-corrected chi connectivity index (χ3v) is 8.93. The van der Waals surface area contributed by atoms with Crippen molar-refractivity contribution in [2.75, 3.05) is 16.4 Å². The molecule has 1 aromatic heterocycles. The van der Waals surface area contributed by atoms with Crippen molar-refractivity contribution in [3.05, 3.63) is 135 Å². The van der Waals surface area contributed by atoms with Gasteiger partial charge in [-0.1, -0.05) is 76.1 Å². The summed E-state index contributed by atoms with van der Waals surface area (Å²) in [6.45, 7) is 4.04. The van der Waals surface area contributed by atoms with Crippen molar-refractivity contribution in [2.45, 2.75) is 18.7 Å². The van der Waals surface area contributed by atoms with E-state index in [0.29, 0.717) is 16.4 Å². The van der Waals surface area contributed by atoms with Crippen molar-refractivity contribution < 1.29 is 14.4 Å². The van der Waals surface area contributed by atoms with Gasteiger partial charge in [0.15, 0.2) is 5.13 Å². The molecule has 7 nitrogen and oxygen atoms in total. The molecule has 0 aliphatic carbocycles. The van der Waals surface area contributed by atoms with Crippen LogP contribution >= 0.6 is 39.0 Å². The molecular formula is C35H29BrN4O3S2. The SMILES string of the molecule is Cc1ccc(-c2nc(NC(=O)CSc3ccc(NC(=O)/C(=C/c4cccc(Br)c4)NC(=O)c4ccccc4)cc3)sc2C)cc1. The maximum atomic E-state index is 13.3. The zero-order valence-corrected chi connectivity index (χ0v) is 27.7. The smallest absolute Gasteiger partial charge is 0.272 e. The number of halogens is 1. The van der Waals surface area contributed by atoms with E-state index in [1.54, 1.807) is 42.5 Å². The van der Waals surface area contributed by atoms with Gasteiger partial charge in [-0.15, -0.1) is 23.1 Å². The number of carbonyl (C=O) groups is 3. The molecule has 0 radical (unpaired) electrons. The largest absolute Gasteiger partial charge is 0.321 e. The molecule has 10 heteroatoms. The Balaban J connectivity index is 1.19.